The number of nitrogens with one attached hydrogen (secondary N) is 3. The van der Waals surface area contributed by atoms with Gasteiger partial charge in [0.15, 0.2) is 0 Å². The first-order valence-corrected chi connectivity index (χ1v) is 14.3. The van der Waals surface area contributed by atoms with Gasteiger partial charge >= 0.3 is 0 Å². The summed E-state index contributed by atoms with van der Waals surface area (Å²) in [7, 11) is 0. The lowest BCUT2D eigenvalue weighted by Crippen LogP contribution is -2.30. The van der Waals surface area contributed by atoms with Crippen LogP contribution >= 0.6 is 23.1 Å². The second-order valence-corrected chi connectivity index (χ2v) is 10.8. The van der Waals surface area contributed by atoms with Crippen molar-refractivity contribution in [3.8, 4) is 0 Å². The first-order valence-electron chi connectivity index (χ1n) is 12.5. The van der Waals surface area contributed by atoms with E-state index in [0.717, 1.165) is 21.7 Å². The van der Waals surface area contributed by atoms with Crippen LogP contribution in [0.5, 0.6) is 0 Å². The minimum atomic E-state index is -0.447. The van der Waals surface area contributed by atoms with Gasteiger partial charge < -0.3 is 16.0 Å². The zero-order valence-corrected chi connectivity index (χ0v) is 23.3. The van der Waals surface area contributed by atoms with Crippen molar-refractivity contribution >= 4 is 58.3 Å². The molecule has 0 aliphatic carbocycles. The number of benzene rings is 3. The molecule has 6 nitrogen and oxygen atoms in total. The SMILES string of the molecule is CCC(Sc1cccc(NC(=O)/C(=C/c2ccsc2)NC(=O)c2ccccc2)c1)C(=O)Nc1ccccc1C. The van der Waals surface area contributed by atoms with E-state index in [1.807, 2.05) is 79.2 Å². The summed E-state index contributed by atoms with van der Waals surface area (Å²) in [5.74, 6) is -0.894. The molecule has 3 amide bonds. The maximum atomic E-state index is 13.3. The summed E-state index contributed by atoms with van der Waals surface area (Å²) in [5, 5.41) is 12.1. The summed E-state index contributed by atoms with van der Waals surface area (Å²) in [6.45, 7) is 3.93. The second-order valence-electron chi connectivity index (χ2n) is 8.74. The molecule has 4 rings (SSSR count). The Balaban J connectivity index is 1.47. The van der Waals surface area contributed by atoms with E-state index < -0.39 is 5.91 Å². The van der Waals surface area contributed by atoms with Crippen molar-refractivity contribution in [2.24, 2.45) is 0 Å². The second kappa shape index (κ2) is 13.6. The Labute approximate surface area is 236 Å². The normalized spacial score (nSPS) is 11.9. The highest BCUT2D eigenvalue weighted by Gasteiger charge is 2.20. The molecule has 3 N–H and O–H groups in total. The van der Waals surface area contributed by atoms with Gasteiger partial charge in [-0.05, 0) is 83.8 Å². The van der Waals surface area contributed by atoms with E-state index in [2.05, 4.69) is 16.0 Å². The maximum Gasteiger partial charge on any atom is 0.272 e. The number of thioether (sulfide) groups is 1. The van der Waals surface area contributed by atoms with Crippen molar-refractivity contribution in [1.82, 2.24) is 5.32 Å². The van der Waals surface area contributed by atoms with Crippen molar-refractivity contribution in [1.29, 1.82) is 0 Å². The molecular formula is C31H29N3O3S2. The fraction of sp³-hybridized carbons (Fsp3) is 0.129. The van der Waals surface area contributed by atoms with Crippen LogP contribution in [0.1, 0.15) is 34.8 Å². The predicted octanol–water partition coefficient (Wildman–Crippen LogP) is 6.98. The van der Waals surface area contributed by atoms with Crippen LogP contribution in [0.15, 0.2) is 106 Å². The van der Waals surface area contributed by atoms with E-state index in [-0.39, 0.29) is 22.8 Å². The molecule has 0 bridgehead atoms. The van der Waals surface area contributed by atoms with Crippen molar-refractivity contribution < 1.29 is 14.4 Å². The minimum Gasteiger partial charge on any atom is -0.325 e. The van der Waals surface area contributed by atoms with Crippen molar-refractivity contribution in [3.63, 3.8) is 0 Å². The lowest BCUT2D eigenvalue weighted by Gasteiger charge is -2.16. The quantitative estimate of drug-likeness (QED) is 0.146. The lowest BCUT2D eigenvalue weighted by atomic mass is 10.2. The van der Waals surface area contributed by atoms with E-state index in [0.29, 0.717) is 17.7 Å². The van der Waals surface area contributed by atoms with Gasteiger partial charge in [-0.15, -0.1) is 11.8 Å². The summed E-state index contributed by atoms with van der Waals surface area (Å²) in [6, 6.07) is 25.6. The highest BCUT2D eigenvalue weighted by Crippen LogP contribution is 2.29. The number of aryl methyl sites for hydroxylation is 1. The third-order valence-electron chi connectivity index (χ3n) is 5.82. The van der Waals surface area contributed by atoms with Crippen LogP contribution in [0.3, 0.4) is 0 Å². The highest BCUT2D eigenvalue weighted by molar-refractivity contribution is 8.00. The number of thiophene rings is 1. The molecule has 1 heterocycles. The van der Waals surface area contributed by atoms with Crippen LogP contribution < -0.4 is 16.0 Å². The van der Waals surface area contributed by atoms with Crippen molar-refractivity contribution in [2.75, 3.05) is 10.6 Å². The molecule has 1 unspecified atom stereocenters. The van der Waals surface area contributed by atoms with Gasteiger partial charge in [-0.1, -0.05) is 49.4 Å². The molecule has 0 fully saturated rings. The number of rotatable bonds is 10. The molecule has 198 valence electrons. The van der Waals surface area contributed by atoms with E-state index in [1.165, 1.54) is 23.1 Å². The molecule has 8 heteroatoms. The molecule has 1 aromatic heterocycles. The molecule has 39 heavy (non-hydrogen) atoms. The predicted molar refractivity (Wildman–Crippen MR) is 161 cm³/mol. The van der Waals surface area contributed by atoms with Crippen molar-refractivity contribution in [2.45, 2.75) is 30.4 Å². The molecule has 0 saturated carbocycles. The van der Waals surface area contributed by atoms with Gasteiger partial charge in [0.1, 0.15) is 5.70 Å². The summed E-state index contributed by atoms with van der Waals surface area (Å²) in [5.41, 5.74) is 3.75. The summed E-state index contributed by atoms with van der Waals surface area (Å²) < 4.78 is 0. The van der Waals surface area contributed by atoms with E-state index in [4.69, 9.17) is 0 Å². The largest absolute Gasteiger partial charge is 0.325 e. The van der Waals surface area contributed by atoms with Crippen LogP contribution in [0, 0.1) is 6.92 Å². The molecule has 0 aliphatic rings. The third kappa shape index (κ3) is 7.92. The summed E-state index contributed by atoms with van der Waals surface area (Å²) in [6.07, 6.45) is 2.28. The number of carbonyl (C=O) groups is 3. The zero-order chi connectivity index (χ0) is 27.6. The minimum absolute atomic E-state index is 0.0733. The summed E-state index contributed by atoms with van der Waals surface area (Å²) in [4.78, 5) is 39.9. The Bertz CT molecular complexity index is 1470. The Morgan fingerprint density at radius 2 is 1.69 bits per heavy atom. The van der Waals surface area contributed by atoms with Gasteiger partial charge in [-0.25, -0.2) is 0 Å². The van der Waals surface area contributed by atoms with Crippen LogP contribution in [-0.2, 0) is 9.59 Å². The van der Waals surface area contributed by atoms with Crippen LogP contribution in [0.4, 0.5) is 11.4 Å². The van der Waals surface area contributed by atoms with Gasteiger partial charge in [0, 0.05) is 21.8 Å². The molecular weight excluding hydrogens is 526 g/mol. The topological polar surface area (TPSA) is 87.3 Å². The number of amides is 3. The molecule has 3 aromatic carbocycles. The van der Waals surface area contributed by atoms with Gasteiger partial charge in [-0.3, -0.25) is 14.4 Å². The smallest absolute Gasteiger partial charge is 0.272 e. The fourth-order valence-electron chi connectivity index (χ4n) is 3.72. The Hall–Kier alpha value is -4.14. The summed E-state index contributed by atoms with van der Waals surface area (Å²) >= 11 is 2.94. The standard InChI is InChI=1S/C31H29N3O3S2/c1-3-28(31(37)33-26-15-8-7-10-21(26)2)39-25-14-9-13-24(19-25)32-30(36)27(18-22-16-17-38-20-22)34-29(35)23-11-5-4-6-12-23/h4-20,28H,3H2,1-2H3,(H,32,36)(H,33,37)(H,34,35)/b27-18-. The fourth-order valence-corrected chi connectivity index (χ4v) is 5.36. The average molecular weight is 556 g/mol. The van der Waals surface area contributed by atoms with Crippen molar-refractivity contribution in [3.05, 3.63) is 118 Å². The average Bonchev–Trinajstić information content (AvgIpc) is 3.46. The van der Waals surface area contributed by atoms with Gasteiger partial charge in [0.25, 0.3) is 11.8 Å². The number of hydrogen-bond acceptors (Lipinski definition) is 5. The number of para-hydroxylation sites is 1. The van der Waals surface area contributed by atoms with Crippen LogP contribution in [0.25, 0.3) is 6.08 Å². The monoisotopic (exact) mass is 555 g/mol. The van der Waals surface area contributed by atoms with Crippen LogP contribution in [0.2, 0.25) is 0 Å². The first-order chi connectivity index (χ1) is 18.9. The molecule has 4 aromatic rings. The highest BCUT2D eigenvalue weighted by atomic mass is 32.2. The van der Waals surface area contributed by atoms with Gasteiger partial charge in [-0.2, -0.15) is 11.3 Å². The molecule has 0 spiro atoms. The zero-order valence-electron chi connectivity index (χ0n) is 21.6. The maximum absolute atomic E-state index is 13.3. The molecule has 0 radical (unpaired) electrons. The molecule has 1 atom stereocenters. The van der Waals surface area contributed by atoms with E-state index >= 15 is 0 Å². The molecule has 0 saturated heterocycles. The Morgan fingerprint density at radius 1 is 0.923 bits per heavy atom. The van der Waals surface area contributed by atoms with Crippen LogP contribution in [-0.4, -0.2) is 23.0 Å². The first kappa shape index (κ1) is 27.9. The third-order valence-corrected chi connectivity index (χ3v) is 7.88. The van der Waals surface area contributed by atoms with Gasteiger partial charge in [0.05, 0.1) is 5.25 Å². The number of hydrogen-bond donors (Lipinski definition) is 3. The Kier molecular flexibility index (Phi) is 9.72. The van der Waals surface area contributed by atoms with E-state index in [9.17, 15) is 14.4 Å². The lowest BCUT2D eigenvalue weighted by molar-refractivity contribution is -0.116. The number of carbonyl (C=O) groups excluding carboxylic acids is 3. The number of anilines is 2. The molecule has 0 aliphatic heterocycles. The Morgan fingerprint density at radius 3 is 2.41 bits per heavy atom. The van der Waals surface area contributed by atoms with E-state index in [1.54, 1.807) is 36.4 Å². The van der Waals surface area contributed by atoms with Gasteiger partial charge in [0.2, 0.25) is 5.91 Å².